The molecule has 3 rings (SSSR count). The van der Waals surface area contributed by atoms with Gasteiger partial charge in [-0.05, 0) is 33.3 Å². The van der Waals surface area contributed by atoms with Crippen molar-refractivity contribution in [2.45, 2.75) is 39.7 Å². The van der Waals surface area contributed by atoms with Gasteiger partial charge in [0.1, 0.15) is 5.60 Å². The molecule has 4 nitrogen and oxygen atoms in total. The van der Waals surface area contributed by atoms with Crippen LogP contribution in [-0.4, -0.2) is 38.9 Å². The Morgan fingerprint density at radius 2 is 1.81 bits per heavy atom. The van der Waals surface area contributed by atoms with E-state index < -0.39 is 0 Å². The number of methoxy groups -OCH3 is 1. The van der Waals surface area contributed by atoms with Gasteiger partial charge in [0.15, 0.2) is 11.5 Å². The van der Waals surface area contributed by atoms with E-state index in [1.54, 1.807) is 7.11 Å². The molecule has 21 heavy (non-hydrogen) atoms. The maximum atomic E-state index is 6.16. The molecular formula is C17H26N2O2. The molecule has 1 aromatic rings. The normalized spacial score (nSPS) is 20.1. The van der Waals surface area contributed by atoms with Crippen molar-refractivity contribution in [2.24, 2.45) is 0 Å². The van der Waals surface area contributed by atoms with E-state index in [-0.39, 0.29) is 5.60 Å². The third kappa shape index (κ3) is 2.35. The summed E-state index contributed by atoms with van der Waals surface area (Å²) in [7, 11) is 1.74. The third-order valence-corrected chi connectivity index (χ3v) is 4.60. The Morgan fingerprint density at radius 1 is 1.14 bits per heavy atom. The Bertz CT molecular complexity index is 561. The van der Waals surface area contributed by atoms with Gasteiger partial charge in [0.2, 0.25) is 0 Å². The second-order valence-electron chi connectivity index (χ2n) is 6.72. The van der Waals surface area contributed by atoms with Gasteiger partial charge < -0.3 is 19.7 Å². The summed E-state index contributed by atoms with van der Waals surface area (Å²) >= 11 is 0. The van der Waals surface area contributed by atoms with Crippen LogP contribution < -0.4 is 19.7 Å². The van der Waals surface area contributed by atoms with Crippen molar-refractivity contribution in [1.82, 2.24) is 5.32 Å². The molecule has 4 heteroatoms. The maximum absolute atomic E-state index is 6.16. The minimum absolute atomic E-state index is 0.144. The van der Waals surface area contributed by atoms with Crippen molar-refractivity contribution < 1.29 is 9.47 Å². The van der Waals surface area contributed by atoms with Crippen LogP contribution in [0.15, 0.2) is 0 Å². The van der Waals surface area contributed by atoms with Crippen LogP contribution in [0.1, 0.15) is 30.5 Å². The second kappa shape index (κ2) is 5.09. The van der Waals surface area contributed by atoms with E-state index in [9.17, 15) is 0 Å². The van der Waals surface area contributed by atoms with Crippen molar-refractivity contribution in [3.8, 4) is 11.5 Å². The first-order chi connectivity index (χ1) is 9.94. The van der Waals surface area contributed by atoms with Gasteiger partial charge in [0.25, 0.3) is 0 Å². The molecule has 2 aliphatic heterocycles. The molecule has 0 radical (unpaired) electrons. The van der Waals surface area contributed by atoms with Crippen LogP contribution in [-0.2, 0) is 6.42 Å². The van der Waals surface area contributed by atoms with Gasteiger partial charge in [-0.15, -0.1) is 0 Å². The van der Waals surface area contributed by atoms with Crippen LogP contribution in [0.25, 0.3) is 0 Å². The lowest BCUT2D eigenvalue weighted by Crippen LogP contribution is -2.44. The van der Waals surface area contributed by atoms with Crippen molar-refractivity contribution >= 4 is 5.69 Å². The summed E-state index contributed by atoms with van der Waals surface area (Å²) in [4.78, 5) is 2.48. The number of benzene rings is 1. The highest BCUT2D eigenvalue weighted by atomic mass is 16.5. The molecule has 2 heterocycles. The number of piperazine rings is 1. The number of rotatable bonds is 2. The fourth-order valence-corrected chi connectivity index (χ4v) is 3.68. The Balaban J connectivity index is 2.14. The minimum Gasteiger partial charge on any atom is -0.492 e. The van der Waals surface area contributed by atoms with E-state index in [1.165, 1.54) is 22.4 Å². The van der Waals surface area contributed by atoms with Gasteiger partial charge in [-0.2, -0.15) is 0 Å². The molecule has 0 aromatic heterocycles. The molecular weight excluding hydrogens is 264 g/mol. The Hall–Kier alpha value is -1.42. The van der Waals surface area contributed by atoms with E-state index in [4.69, 9.17) is 9.47 Å². The number of hydrogen-bond acceptors (Lipinski definition) is 4. The number of nitrogens with one attached hydrogen (secondary N) is 1. The number of fused-ring (bicyclic) bond motifs is 1. The van der Waals surface area contributed by atoms with E-state index in [0.717, 1.165) is 44.1 Å². The summed E-state index contributed by atoms with van der Waals surface area (Å²) in [6.45, 7) is 12.9. The summed E-state index contributed by atoms with van der Waals surface area (Å²) in [5.74, 6) is 1.87. The molecule has 0 amide bonds. The van der Waals surface area contributed by atoms with Crippen molar-refractivity contribution in [3.63, 3.8) is 0 Å². The minimum atomic E-state index is -0.144. The zero-order valence-electron chi connectivity index (χ0n) is 13.8. The van der Waals surface area contributed by atoms with Gasteiger partial charge in [0, 0.05) is 49.4 Å². The fourth-order valence-electron chi connectivity index (χ4n) is 3.68. The molecule has 0 saturated carbocycles. The summed E-state index contributed by atoms with van der Waals surface area (Å²) in [5.41, 5.74) is 5.07. The third-order valence-electron chi connectivity index (χ3n) is 4.60. The van der Waals surface area contributed by atoms with Crippen molar-refractivity contribution in [2.75, 3.05) is 38.2 Å². The van der Waals surface area contributed by atoms with Gasteiger partial charge in [-0.3, -0.25) is 0 Å². The monoisotopic (exact) mass is 290 g/mol. The summed E-state index contributed by atoms with van der Waals surface area (Å²) in [6, 6.07) is 0. The molecule has 116 valence electrons. The van der Waals surface area contributed by atoms with E-state index in [2.05, 4.69) is 37.9 Å². The number of anilines is 1. The van der Waals surface area contributed by atoms with Crippen LogP contribution in [0.2, 0.25) is 0 Å². The molecule has 1 N–H and O–H groups in total. The maximum Gasteiger partial charge on any atom is 0.166 e. The molecule has 0 unspecified atom stereocenters. The summed E-state index contributed by atoms with van der Waals surface area (Å²) in [6.07, 6.45) is 0.948. The van der Waals surface area contributed by atoms with Crippen LogP contribution in [0.4, 0.5) is 5.69 Å². The molecule has 2 aliphatic rings. The fraction of sp³-hybridized carbons (Fsp3) is 0.647. The molecule has 1 fully saturated rings. The van der Waals surface area contributed by atoms with Crippen LogP contribution in [0.3, 0.4) is 0 Å². The zero-order chi connectivity index (χ0) is 15.2. The first kappa shape index (κ1) is 14.5. The Kier molecular flexibility index (Phi) is 3.52. The van der Waals surface area contributed by atoms with Crippen LogP contribution in [0, 0.1) is 13.8 Å². The second-order valence-corrected chi connectivity index (χ2v) is 6.72. The molecule has 0 aliphatic carbocycles. The van der Waals surface area contributed by atoms with E-state index in [1.807, 2.05) is 0 Å². The number of nitrogens with zero attached hydrogens (tertiary/aromatic N) is 1. The molecule has 0 spiro atoms. The van der Waals surface area contributed by atoms with Gasteiger partial charge >= 0.3 is 0 Å². The SMILES string of the molecule is COc1c(C)c(N2CCNCC2)c(C)c2c1OC(C)(C)C2. The lowest BCUT2D eigenvalue weighted by molar-refractivity contribution is 0.134. The first-order valence-electron chi connectivity index (χ1n) is 7.79. The predicted molar refractivity (Wildman–Crippen MR) is 86.0 cm³/mol. The average molecular weight is 290 g/mol. The van der Waals surface area contributed by atoms with E-state index in [0.29, 0.717) is 0 Å². The van der Waals surface area contributed by atoms with Crippen LogP contribution >= 0.6 is 0 Å². The standard InChI is InChI=1S/C17H26N2O2/c1-11-13-10-17(3,4)21-16(13)15(20-5)12(2)14(11)19-8-6-18-7-9-19/h18H,6-10H2,1-5H3. The topological polar surface area (TPSA) is 33.7 Å². The van der Waals surface area contributed by atoms with Gasteiger partial charge in [-0.1, -0.05) is 0 Å². The average Bonchev–Trinajstić information content (AvgIpc) is 2.76. The van der Waals surface area contributed by atoms with E-state index >= 15 is 0 Å². The highest BCUT2D eigenvalue weighted by molar-refractivity contribution is 5.73. The number of ether oxygens (including phenoxy) is 2. The summed E-state index contributed by atoms with van der Waals surface area (Å²) in [5, 5.41) is 3.42. The predicted octanol–water partition coefficient (Wildman–Crippen LogP) is 2.44. The molecule has 0 atom stereocenters. The van der Waals surface area contributed by atoms with Crippen molar-refractivity contribution in [1.29, 1.82) is 0 Å². The van der Waals surface area contributed by atoms with Crippen LogP contribution in [0.5, 0.6) is 11.5 Å². The zero-order valence-corrected chi connectivity index (χ0v) is 13.8. The number of hydrogen-bond donors (Lipinski definition) is 1. The largest absolute Gasteiger partial charge is 0.492 e. The van der Waals surface area contributed by atoms with Gasteiger partial charge in [0.05, 0.1) is 7.11 Å². The molecule has 1 saturated heterocycles. The lowest BCUT2D eigenvalue weighted by Gasteiger charge is -2.33. The first-order valence-corrected chi connectivity index (χ1v) is 7.79. The van der Waals surface area contributed by atoms with Crippen molar-refractivity contribution in [3.05, 3.63) is 16.7 Å². The highest BCUT2D eigenvalue weighted by Crippen LogP contribution is 2.49. The highest BCUT2D eigenvalue weighted by Gasteiger charge is 2.36. The smallest absolute Gasteiger partial charge is 0.166 e. The lowest BCUT2D eigenvalue weighted by atomic mass is 9.94. The van der Waals surface area contributed by atoms with Gasteiger partial charge in [-0.25, -0.2) is 0 Å². The molecule has 1 aromatic carbocycles. The molecule has 0 bridgehead atoms. The summed E-state index contributed by atoms with van der Waals surface area (Å²) < 4.78 is 11.9. The Labute approximate surface area is 127 Å². The Morgan fingerprint density at radius 3 is 2.43 bits per heavy atom. The quantitative estimate of drug-likeness (QED) is 0.907.